The van der Waals surface area contributed by atoms with E-state index in [1.54, 1.807) is 0 Å². The SMILES string of the molecule is CCCCCCCCOC(=O)/C(CC(C)(C)C)=C(\C(=O)OCCCCCCCC)C1CCCC1. The highest BCUT2D eigenvalue weighted by molar-refractivity contribution is 6.00. The largest absolute Gasteiger partial charge is 0.462 e. The second-order valence-electron chi connectivity index (χ2n) is 11.4. The summed E-state index contributed by atoms with van der Waals surface area (Å²) < 4.78 is 11.5. The fourth-order valence-corrected chi connectivity index (χ4v) is 4.82. The zero-order valence-corrected chi connectivity index (χ0v) is 23.1. The molecular weight excluding hydrogens is 424 g/mol. The number of carbonyl (C=O) groups excluding carboxylic acids is 2. The average molecular weight is 479 g/mol. The van der Waals surface area contributed by atoms with Crippen LogP contribution in [0.1, 0.15) is 144 Å². The highest BCUT2D eigenvalue weighted by Gasteiger charge is 2.33. The maximum absolute atomic E-state index is 13.3. The molecular formula is C30H54O4. The molecule has 1 rings (SSSR count). The molecule has 0 aliphatic heterocycles. The van der Waals surface area contributed by atoms with Crippen molar-refractivity contribution in [3.63, 3.8) is 0 Å². The van der Waals surface area contributed by atoms with E-state index in [1.165, 1.54) is 51.4 Å². The van der Waals surface area contributed by atoms with Crippen LogP contribution < -0.4 is 0 Å². The Labute approximate surface area is 210 Å². The fraction of sp³-hybridized carbons (Fsp3) is 0.867. The number of rotatable bonds is 18. The molecule has 0 amide bonds. The minimum atomic E-state index is -0.304. The van der Waals surface area contributed by atoms with Gasteiger partial charge in [-0.3, -0.25) is 0 Å². The highest BCUT2D eigenvalue weighted by atomic mass is 16.5. The van der Waals surface area contributed by atoms with Crippen LogP contribution in [0.25, 0.3) is 0 Å². The fourth-order valence-electron chi connectivity index (χ4n) is 4.82. The third-order valence-corrected chi connectivity index (χ3v) is 6.72. The standard InChI is InChI=1S/C30H54O4/c1-6-8-10-12-14-18-22-33-28(31)26(24-30(3,4)5)27(25-20-16-17-21-25)29(32)34-23-19-15-13-11-9-7-2/h25H,6-24H2,1-5H3/b27-26-. The Kier molecular flexibility index (Phi) is 16.3. The lowest BCUT2D eigenvalue weighted by molar-refractivity contribution is -0.143. The minimum Gasteiger partial charge on any atom is -0.462 e. The molecule has 0 spiro atoms. The van der Waals surface area contributed by atoms with E-state index in [0.717, 1.165) is 51.4 Å². The number of ether oxygens (including phenoxy) is 2. The third kappa shape index (κ3) is 13.5. The number of unbranched alkanes of at least 4 members (excludes halogenated alkanes) is 10. The van der Waals surface area contributed by atoms with Gasteiger partial charge in [-0.1, -0.05) is 112 Å². The molecule has 0 N–H and O–H groups in total. The van der Waals surface area contributed by atoms with Gasteiger partial charge in [0.15, 0.2) is 0 Å². The molecule has 0 unspecified atom stereocenters. The van der Waals surface area contributed by atoms with Crippen molar-refractivity contribution in [2.24, 2.45) is 11.3 Å². The topological polar surface area (TPSA) is 52.6 Å². The van der Waals surface area contributed by atoms with Gasteiger partial charge in [0.05, 0.1) is 18.8 Å². The molecule has 4 nitrogen and oxygen atoms in total. The molecule has 0 aromatic rings. The van der Waals surface area contributed by atoms with Crippen molar-refractivity contribution in [1.29, 1.82) is 0 Å². The average Bonchev–Trinajstić information content (AvgIpc) is 3.30. The van der Waals surface area contributed by atoms with Gasteiger partial charge in [0.25, 0.3) is 0 Å². The van der Waals surface area contributed by atoms with E-state index in [1.807, 2.05) is 0 Å². The maximum atomic E-state index is 13.3. The van der Waals surface area contributed by atoms with E-state index in [9.17, 15) is 9.59 Å². The Morgan fingerprint density at radius 3 is 1.59 bits per heavy atom. The number of carbonyl (C=O) groups is 2. The summed E-state index contributed by atoms with van der Waals surface area (Å²) in [6.07, 6.45) is 18.5. The number of esters is 2. The zero-order chi connectivity index (χ0) is 25.2. The predicted octanol–water partition coefficient (Wildman–Crippen LogP) is 8.72. The van der Waals surface area contributed by atoms with E-state index in [2.05, 4.69) is 34.6 Å². The predicted molar refractivity (Wildman–Crippen MR) is 142 cm³/mol. The Hall–Kier alpha value is -1.32. The van der Waals surface area contributed by atoms with Crippen LogP contribution in [0.15, 0.2) is 11.1 Å². The van der Waals surface area contributed by atoms with Crippen LogP contribution >= 0.6 is 0 Å². The first kappa shape index (κ1) is 30.7. The smallest absolute Gasteiger partial charge is 0.334 e. The second-order valence-corrected chi connectivity index (χ2v) is 11.4. The summed E-state index contributed by atoms with van der Waals surface area (Å²) in [5, 5.41) is 0. The van der Waals surface area contributed by atoms with Crippen molar-refractivity contribution in [3.05, 3.63) is 11.1 Å². The van der Waals surface area contributed by atoms with Gasteiger partial charge in [-0.05, 0) is 43.4 Å². The quantitative estimate of drug-likeness (QED) is 0.112. The molecule has 0 saturated heterocycles. The zero-order valence-electron chi connectivity index (χ0n) is 23.1. The summed E-state index contributed by atoms with van der Waals surface area (Å²) in [6.45, 7) is 11.6. The number of hydrogen-bond acceptors (Lipinski definition) is 4. The molecule has 0 bridgehead atoms. The summed E-state index contributed by atoms with van der Waals surface area (Å²) >= 11 is 0. The number of hydrogen-bond donors (Lipinski definition) is 0. The molecule has 0 atom stereocenters. The van der Waals surface area contributed by atoms with E-state index in [0.29, 0.717) is 30.8 Å². The van der Waals surface area contributed by atoms with Gasteiger partial charge in [-0.25, -0.2) is 9.59 Å². The lowest BCUT2D eigenvalue weighted by Crippen LogP contribution is -2.24. The van der Waals surface area contributed by atoms with Gasteiger partial charge < -0.3 is 9.47 Å². The summed E-state index contributed by atoms with van der Waals surface area (Å²) in [5.41, 5.74) is 1.07. The highest BCUT2D eigenvalue weighted by Crippen LogP contribution is 2.37. The Bertz CT molecular complexity index is 593. The van der Waals surface area contributed by atoms with Crippen LogP contribution in [0.5, 0.6) is 0 Å². The molecule has 0 radical (unpaired) electrons. The molecule has 0 aromatic carbocycles. The lowest BCUT2D eigenvalue weighted by atomic mass is 9.82. The second kappa shape index (κ2) is 18.0. The molecule has 1 saturated carbocycles. The first-order chi connectivity index (χ1) is 16.3. The summed E-state index contributed by atoms with van der Waals surface area (Å²) in [4.78, 5) is 26.5. The summed E-state index contributed by atoms with van der Waals surface area (Å²) in [5.74, 6) is -0.464. The molecule has 1 fully saturated rings. The third-order valence-electron chi connectivity index (χ3n) is 6.72. The van der Waals surface area contributed by atoms with Crippen molar-refractivity contribution < 1.29 is 19.1 Å². The van der Waals surface area contributed by atoms with Crippen molar-refractivity contribution in [2.45, 2.75) is 144 Å². The van der Waals surface area contributed by atoms with Gasteiger partial charge in [-0.2, -0.15) is 0 Å². The van der Waals surface area contributed by atoms with Crippen LogP contribution in [0.2, 0.25) is 0 Å². The van der Waals surface area contributed by atoms with Crippen LogP contribution in [-0.2, 0) is 19.1 Å². The normalized spacial score (nSPS) is 15.3. The van der Waals surface area contributed by atoms with E-state index < -0.39 is 0 Å². The first-order valence-corrected chi connectivity index (χ1v) is 14.4. The molecule has 0 heterocycles. The van der Waals surface area contributed by atoms with Crippen molar-refractivity contribution in [3.8, 4) is 0 Å². The Balaban J connectivity index is 2.83. The van der Waals surface area contributed by atoms with Gasteiger partial charge in [-0.15, -0.1) is 0 Å². The van der Waals surface area contributed by atoms with Gasteiger partial charge in [0.1, 0.15) is 0 Å². The van der Waals surface area contributed by atoms with Crippen LogP contribution in [0.3, 0.4) is 0 Å². The lowest BCUT2D eigenvalue weighted by Gasteiger charge is -2.24. The molecule has 0 aromatic heterocycles. The molecule has 4 heteroatoms. The molecule has 34 heavy (non-hydrogen) atoms. The Morgan fingerprint density at radius 1 is 0.676 bits per heavy atom. The van der Waals surface area contributed by atoms with E-state index >= 15 is 0 Å². The van der Waals surface area contributed by atoms with Crippen LogP contribution in [-0.4, -0.2) is 25.2 Å². The van der Waals surface area contributed by atoms with E-state index in [4.69, 9.17) is 9.47 Å². The van der Waals surface area contributed by atoms with Gasteiger partial charge >= 0.3 is 11.9 Å². The Morgan fingerprint density at radius 2 is 1.12 bits per heavy atom. The molecule has 198 valence electrons. The first-order valence-electron chi connectivity index (χ1n) is 14.4. The van der Waals surface area contributed by atoms with Gasteiger partial charge in [0.2, 0.25) is 0 Å². The summed E-state index contributed by atoms with van der Waals surface area (Å²) in [7, 11) is 0. The van der Waals surface area contributed by atoms with E-state index in [-0.39, 0.29) is 23.3 Å². The van der Waals surface area contributed by atoms with Crippen molar-refractivity contribution in [2.75, 3.05) is 13.2 Å². The van der Waals surface area contributed by atoms with Crippen molar-refractivity contribution in [1.82, 2.24) is 0 Å². The summed E-state index contributed by atoms with van der Waals surface area (Å²) in [6, 6.07) is 0. The molecule has 1 aliphatic rings. The maximum Gasteiger partial charge on any atom is 0.334 e. The monoisotopic (exact) mass is 478 g/mol. The van der Waals surface area contributed by atoms with Crippen LogP contribution in [0.4, 0.5) is 0 Å². The van der Waals surface area contributed by atoms with Crippen LogP contribution in [0, 0.1) is 11.3 Å². The van der Waals surface area contributed by atoms with Gasteiger partial charge in [0, 0.05) is 5.57 Å². The van der Waals surface area contributed by atoms with Crippen molar-refractivity contribution >= 4 is 11.9 Å². The molecule has 1 aliphatic carbocycles. The minimum absolute atomic E-state index is 0.113.